The van der Waals surface area contributed by atoms with Crippen LogP contribution >= 0.6 is 0 Å². The fraction of sp³-hybridized carbons (Fsp3) is 0.364. The molecule has 0 spiro atoms. The van der Waals surface area contributed by atoms with Gasteiger partial charge in [-0.15, -0.1) is 6.58 Å². The number of phenolic OH excluding ortho intramolecular Hbond substituents is 1. The van der Waals surface area contributed by atoms with Crippen molar-refractivity contribution < 1.29 is 9.84 Å². The van der Waals surface area contributed by atoms with Crippen molar-refractivity contribution in [1.82, 2.24) is 10.2 Å². The number of piperazine rings is 1. The van der Waals surface area contributed by atoms with Crippen molar-refractivity contribution in [3.05, 3.63) is 71.8 Å². The van der Waals surface area contributed by atoms with E-state index in [1.165, 1.54) is 0 Å². The van der Waals surface area contributed by atoms with Gasteiger partial charge in [0.15, 0.2) is 0 Å². The van der Waals surface area contributed by atoms with Crippen molar-refractivity contribution in [2.75, 3.05) is 26.2 Å². The average Bonchev–Trinajstić information content (AvgIpc) is 2.66. The Morgan fingerprint density at radius 2 is 1.92 bits per heavy atom. The van der Waals surface area contributed by atoms with Gasteiger partial charge in [-0.1, -0.05) is 42.0 Å². The minimum absolute atomic E-state index is 0.151. The SMILES string of the molecule is C=C(C)C[C@H](c1ccc(OCc2ccccc2)cc1O)N1CCNCC1. The number of aromatic hydroxyl groups is 1. The maximum absolute atomic E-state index is 10.7. The van der Waals surface area contributed by atoms with Crippen molar-refractivity contribution >= 4 is 0 Å². The summed E-state index contributed by atoms with van der Waals surface area (Å²) in [5, 5.41) is 14.0. The summed E-state index contributed by atoms with van der Waals surface area (Å²) in [6, 6.07) is 15.9. The highest BCUT2D eigenvalue weighted by molar-refractivity contribution is 5.42. The molecule has 0 unspecified atom stereocenters. The molecule has 2 N–H and O–H groups in total. The van der Waals surface area contributed by atoms with Crippen LogP contribution in [-0.4, -0.2) is 36.2 Å². The van der Waals surface area contributed by atoms with E-state index in [-0.39, 0.29) is 6.04 Å². The molecule has 138 valence electrons. The normalized spacial score (nSPS) is 16.2. The molecule has 0 aliphatic carbocycles. The van der Waals surface area contributed by atoms with Gasteiger partial charge >= 0.3 is 0 Å². The van der Waals surface area contributed by atoms with Crippen molar-refractivity contribution in [3.8, 4) is 11.5 Å². The third-order valence-electron chi connectivity index (χ3n) is 4.74. The Hall–Kier alpha value is -2.30. The Balaban J connectivity index is 1.74. The van der Waals surface area contributed by atoms with E-state index in [1.54, 1.807) is 6.07 Å². The van der Waals surface area contributed by atoms with Crippen LogP contribution < -0.4 is 10.1 Å². The lowest BCUT2D eigenvalue weighted by atomic mass is 9.97. The Bertz CT molecular complexity index is 724. The van der Waals surface area contributed by atoms with Crippen LogP contribution in [0.15, 0.2) is 60.7 Å². The third kappa shape index (κ3) is 4.87. The molecular formula is C22H28N2O2. The maximum Gasteiger partial charge on any atom is 0.124 e. The molecule has 3 rings (SSSR count). The summed E-state index contributed by atoms with van der Waals surface area (Å²) in [6.45, 7) is 10.5. The zero-order valence-electron chi connectivity index (χ0n) is 15.4. The van der Waals surface area contributed by atoms with Gasteiger partial charge in [0.25, 0.3) is 0 Å². The monoisotopic (exact) mass is 352 g/mol. The first-order chi connectivity index (χ1) is 12.6. The van der Waals surface area contributed by atoms with Crippen LogP contribution in [-0.2, 0) is 6.61 Å². The average molecular weight is 352 g/mol. The van der Waals surface area contributed by atoms with Crippen LogP contribution in [0.5, 0.6) is 11.5 Å². The van der Waals surface area contributed by atoms with Crippen molar-refractivity contribution in [1.29, 1.82) is 0 Å². The second-order valence-electron chi connectivity index (χ2n) is 6.96. The Labute approximate surface area is 156 Å². The molecule has 1 saturated heterocycles. The fourth-order valence-corrected chi connectivity index (χ4v) is 3.40. The van der Waals surface area contributed by atoms with Crippen LogP contribution in [0, 0.1) is 0 Å². The third-order valence-corrected chi connectivity index (χ3v) is 4.74. The molecule has 26 heavy (non-hydrogen) atoms. The highest BCUT2D eigenvalue weighted by Crippen LogP contribution is 2.35. The van der Waals surface area contributed by atoms with Gasteiger partial charge in [-0.05, 0) is 25.0 Å². The van der Waals surface area contributed by atoms with E-state index in [2.05, 4.69) is 16.8 Å². The number of ether oxygens (including phenoxy) is 1. The predicted molar refractivity (Wildman–Crippen MR) is 105 cm³/mol. The van der Waals surface area contributed by atoms with Gasteiger partial charge in [-0.2, -0.15) is 0 Å². The molecule has 1 aliphatic heterocycles. The number of nitrogens with one attached hydrogen (secondary N) is 1. The summed E-state index contributed by atoms with van der Waals surface area (Å²) in [7, 11) is 0. The van der Waals surface area contributed by atoms with E-state index in [0.717, 1.165) is 49.3 Å². The van der Waals surface area contributed by atoms with E-state index in [0.29, 0.717) is 18.1 Å². The molecule has 0 radical (unpaired) electrons. The highest BCUT2D eigenvalue weighted by Gasteiger charge is 2.24. The van der Waals surface area contributed by atoms with Gasteiger partial charge in [0.1, 0.15) is 18.1 Å². The van der Waals surface area contributed by atoms with Crippen molar-refractivity contribution in [2.24, 2.45) is 0 Å². The molecule has 1 aliphatic rings. The predicted octanol–water partition coefficient (Wildman–Crippen LogP) is 3.88. The van der Waals surface area contributed by atoms with Gasteiger partial charge in [-0.25, -0.2) is 0 Å². The molecule has 4 nitrogen and oxygen atoms in total. The lowest BCUT2D eigenvalue weighted by molar-refractivity contribution is 0.169. The molecule has 1 atom stereocenters. The minimum Gasteiger partial charge on any atom is -0.507 e. The lowest BCUT2D eigenvalue weighted by Crippen LogP contribution is -2.45. The Morgan fingerprint density at radius 3 is 2.58 bits per heavy atom. The summed E-state index contributed by atoms with van der Waals surface area (Å²) < 4.78 is 5.83. The molecule has 4 heteroatoms. The molecule has 0 saturated carbocycles. The van der Waals surface area contributed by atoms with Gasteiger partial charge in [0.05, 0.1) is 0 Å². The van der Waals surface area contributed by atoms with E-state index in [4.69, 9.17) is 4.74 Å². The second kappa shape index (κ2) is 8.88. The summed E-state index contributed by atoms with van der Waals surface area (Å²) in [5.41, 5.74) is 3.18. The summed E-state index contributed by atoms with van der Waals surface area (Å²) in [4.78, 5) is 2.42. The fourth-order valence-electron chi connectivity index (χ4n) is 3.40. The molecule has 0 amide bonds. The number of hydrogen-bond donors (Lipinski definition) is 2. The topological polar surface area (TPSA) is 44.7 Å². The van der Waals surface area contributed by atoms with Crippen LogP contribution in [0.1, 0.15) is 30.5 Å². The first-order valence-electron chi connectivity index (χ1n) is 9.22. The van der Waals surface area contributed by atoms with E-state index < -0.39 is 0 Å². The highest BCUT2D eigenvalue weighted by atomic mass is 16.5. The first kappa shape index (κ1) is 18.5. The second-order valence-corrected chi connectivity index (χ2v) is 6.96. The van der Waals surface area contributed by atoms with Crippen LogP contribution in [0.25, 0.3) is 0 Å². The zero-order chi connectivity index (χ0) is 18.4. The molecule has 2 aromatic carbocycles. The number of hydrogen-bond acceptors (Lipinski definition) is 4. The van der Waals surface area contributed by atoms with E-state index in [9.17, 15) is 5.11 Å². The maximum atomic E-state index is 10.7. The standard InChI is InChI=1S/C22H28N2O2/c1-17(2)14-21(24-12-10-23-11-13-24)20-9-8-19(15-22(20)25)26-16-18-6-4-3-5-7-18/h3-9,15,21,23,25H,1,10-14,16H2,2H3/t21-/m1/s1. The number of phenols is 1. The van der Waals surface area contributed by atoms with E-state index >= 15 is 0 Å². The molecular weight excluding hydrogens is 324 g/mol. The molecule has 2 aromatic rings. The van der Waals surface area contributed by atoms with Gasteiger partial charge in [-0.3, -0.25) is 4.90 Å². The van der Waals surface area contributed by atoms with Gasteiger partial charge in [0, 0.05) is 43.9 Å². The largest absolute Gasteiger partial charge is 0.507 e. The molecule has 0 bridgehead atoms. The summed E-state index contributed by atoms with van der Waals surface area (Å²) in [5.74, 6) is 0.977. The zero-order valence-corrected chi connectivity index (χ0v) is 15.4. The smallest absolute Gasteiger partial charge is 0.124 e. The lowest BCUT2D eigenvalue weighted by Gasteiger charge is -2.35. The number of benzene rings is 2. The summed E-state index contributed by atoms with van der Waals surface area (Å²) >= 11 is 0. The molecule has 1 fully saturated rings. The quantitative estimate of drug-likeness (QED) is 0.742. The summed E-state index contributed by atoms with van der Waals surface area (Å²) in [6.07, 6.45) is 0.845. The van der Waals surface area contributed by atoms with Gasteiger partial charge in [0.2, 0.25) is 0 Å². The van der Waals surface area contributed by atoms with Crippen molar-refractivity contribution in [3.63, 3.8) is 0 Å². The van der Waals surface area contributed by atoms with Crippen LogP contribution in [0.3, 0.4) is 0 Å². The van der Waals surface area contributed by atoms with Crippen LogP contribution in [0.4, 0.5) is 0 Å². The van der Waals surface area contributed by atoms with Crippen LogP contribution in [0.2, 0.25) is 0 Å². The van der Waals surface area contributed by atoms with Crippen molar-refractivity contribution in [2.45, 2.75) is 26.0 Å². The van der Waals surface area contributed by atoms with E-state index in [1.807, 2.05) is 49.4 Å². The van der Waals surface area contributed by atoms with Gasteiger partial charge < -0.3 is 15.2 Å². The molecule has 1 heterocycles. The Kier molecular flexibility index (Phi) is 6.31. The number of rotatable bonds is 7. The Morgan fingerprint density at radius 1 is 1.19 bits per heavy atom. The first-order valence-corrected chi connectivity index (χ1v) is 9.22. The minimum atomic E-state index is 0.151. The molecule has 0 aromatic heterocycles. The number of nitrogens with zero attached hydrogens (tertiary/aromatic N) is 1.